The number of alkyl halides is 3. The predicted octanol–water partition coefficient (Wildman–Crippen LogP) is 4.11. The fraction of sp³-hybridized carbons (Fsp3) is 0.500. The molecular weight excluding hydrogens is 359 g/mol. The van der Waals surface area contributed by atoms with E-state index in [1.165, 1.54) is 0 Å². The number of halogens is 3. The zero-order valence-corrected chi connectivity index (χ0v) is 14.6. The molecular formula is C18H20F3N5O. The summed E-state index contributed by atoms with van der Waals surface area (Å²) in [4.78, 5) is 24.9. The topological polar surface area (TPSA) is 73.9 Å². The second-order valence-corrected chi connectivity index (χ2v) is 7.12. The Kier molecular flexibility index (Phi) is 4.53. The zero-order valence-electron chi connectivity index (χ0n) is 14.6. The summed E-state index contributed by atoms with van der Waals surface area (Å²) >= 11 is 0. The van der Waals surface area contributed by atoms with Gasteiger partial charge >= 0.3 is 12.2 Å². The van der Waals surface area contributed by atoms with Gasteiger partial charge in [0.1, 0.15) is 17.3 Å². The highest BCUT2D eigenvalue weighted by molar-refractivity contribution is 5.88. The van der Waals surface area contributed by atoms with Gasteiger partial charge in [0.25, 0.3) is 0 Å². The summed E-state index contributed by atoms with van der Waals surface area (Å²) in [6.07, 6.45) is -0.000906. The molecule has 0 spiro atoms. The first kappa shape index (κ1) is 17.8. The van der Waals surface area contributed by atoms with Gasteiger partial charge in [-0.2, -0.15) is 13.2 Å². The second-order valence-electron chi connectivity index (χ2n) is 7.12. The summed E-state index contributed by atoms with van der Waals surface area (Å²) in [7, 11) is 0. The lowest BCUT2D eigenvalue weighted by molar-refractivity contribution is -0.141. The number of carbonyl (C=O) groups is 1. The van der Waals surface area contributed by atoms with Crippen LogP contribution in [-0.2, 0) is 6.18 Å². The standard InChI is InChI=1S/C18H20F3N5O/c19-18(20,21)14-9-22-16(24-14)12-3-2-8-26(10-12)17(27)25-15-5-1-4-13(23-15)11-6-7-11/h1,4-5,9,11-12H,2-3,6-8,10H2,(H,22,24)(H,23,25,27). The normalized spacial score (nSPS) is 20.6. The molecule has 0 radical (unpaired) electrons. The van der Waals surface area contributed by atoms with Crippen molar-refractivity contribution < 1.29 is 18.0 Å². The molecule has 3 heterocycles. The van der Waals surface area contributed by atoms with E-state index in [-0.39, 0.29) is 17.8 Å². The lowest BCUT2D eigenvalue weighted by Crippen LogP contribution is -2.42. The van der Waals surface area contributed by atoms with Gasteiger partial charge in [0.2, 0.25) is 0 Å². The minimum atomic E-state index is -4.45. The number of likely N-dealkylation sites (tertiary alicyclic amines) is 1. The highest BCUT2D eigenvalue weighted by Crippen LogP contribution is 2.39. The van der Waals surface area contributed by atoms with Crippen LogP contribution in [0.3, 0.4) is 0 Å². The van der Waals surface area contributed by atoms with Gasteiger partial charge in [-0.3, -0.25) is 5.32 Å². The van der Waals surface area contributed by atoms with Crippen molar-refractivity contribution in [2.24, 2.45) is 0 Å². The summed E-state index contributed by atoms with van der Waals surface area (Å²) in [5.41, 5.74) is 0.125. The van der Waals surface area contributed by atoms with E-state index in [9.17, 15) is 18.0 Å². The van der Waals surface area contributed by atoms with Crippen molar-refractivity contribution in [3.05, 3.63) is 41.6 Å². The Morgan fingerprint density at radius 1 is 1.22 bits per heavy atom. The third-order valence-electron chi connectivity index (χ3n) is 5.00. The van der Waals surface area contributed by atoms with Crippen molar-refractivity contribution in [3.63, 3.8) is 0 Å². The van der Waals surface area contributed by atoms with Crippen molar-refractivity contribution in [1.82, 2.24) is 19.9 Å². The molecule has 4 rings (SSSR count). The maximum atomic E-state index is 12.8. The Morgan fingerprint density at radius 3 is 2.74 bits per heavy atom. The summed E-state index contributed by atoms with van der Waals surface area (Å²) in [5, 5.41) is 2.80. The van der Waals surface area contributed by atoms with Crippen LogP contribution in [0.2, 0.25) is 0 Å². The van der Waals surface area contributed by atoms with E-state index < -0.39 is 11.9 Å². The number of nitrogens with zero attached hydrogens (tertiary/aromatic N) is 3. The van der Waals surface area contributed by atoms with Gasteiger partial charge in [0, 0.05) is 30.6 Å². The van der Waals surface area contributed by atoms with E-state index in [2.05, 4.69) is 20.3 Å². The molecule has 6 nitrogen and oxygen atoms in total. The first-order chi connectivity index (χ1) is 12.9. The molecule has 2 aromatic heterocycles. The lowest BCUT2D eigenvalue weighted by atomic mass is 9.97. The molecule has 144 valence electrons. The number of urea groups is 1. The van der Waals surface area contributed by atoms with Crippen molar-refractivity contribution in [1.29, 1.82) is 0 Å². The van der Waals surface area contributed by atoms with E-state index in [4.69, 9.17) is 0 Å². The number of aromatic amines is 1. The number of anilines is 1. The Balaban J connectivity index is 1.41. The van der Waals surface area contributed by atoms with Crippen LogP contribution in [0.25, 0.3) is 0 Å². The van der Waals surface area contributed by atoms with Crippen LogP contribution in [0.1, 0.15) is 54.7 Å². The average Bonchev–Trinajstić information content (AvgIpc) is 3.37. The molecule has 1 unspecified atom stereocenters. The summed E-state index contributed by atoms with van der Waals surface area (Å²) < 4.78 is 38.3. The van der Waals surface area contributed by atoms with Crippen molar-refractivity contribution in [2.75, 3.05) is 18.4 Å². The van der Waals surface area contributed by atoms with Crippen LogP contribution < -0.4 is 5.32 Å². The van der Waals surface area contributed by atoms with Crippen LogP contribution in [0.15, 0.2) is 24.4 Å². The second kappa shape index (κ2) is 6.86. The average molecular weight is 379 g/mol. The van der Waals surface area contributed by atoms with Crippen LogP contribution in [0.4, 0.5) is 23.8 Å². The smallest absolute Gasteiger partial charge is 0.338 e. The molecule has 1 aliphatic heterocycles. The van der Waals surface area contributed by atoms with Gasteiger partial charge in [-0.25, -0.2) is 14.8 Å². The monoisotopic (exact) mass is 379 g/mol. The van der Waals surface area contributed by atoms with Crippen molar-refractivity contribution in [2.45, 2.75) is 43.7 Å². The lowest BCUT2D eigenvalue weighted by Gasteiger charge is -2.31. The van der Waals surface area contributed by atoms with E-state index in [1.54, 1.807) is 11.0 Å². The largest absolute Gasteiger partial charge is 0.432 e. The van der Waals surface area contributed by atoms with Crippen molar-refractivity contribution >= 4 is 11.8 Å². The molecule has 27 heavy (non-hydrogen) atoms. The maximum Gasteiger partial charge on any atom is 0.432 e. The van der Waals surface area contributed by atoms with E-state index in [1.807, 2.05) is 12.1 Å². The number of hydrogen-bond donors (Lipinski definition) is 2. The molecule has 2 fully saturated rings. The highest BCUT2D eigenvalue weighted by atomic mass is 19.4. The van der Waals surface area contributed by atoms with Crippen molar-refractivity contribution in [3.8, 4) is 0 Å². The summed E-state index contributed by atoms with van der Waals surface area (Å²) in [5.74, 6) is 1.02. The van der Waals surface area contributed by atoms with Gasteiger partial charge in [-0.15, -0.1) is 0 Å². The Labute approximate surface area is 154 Å². The third-order valence-corrected chi connectivity index (χ3v) is 5.00. The minimum Gasteiger partial charge on any atom is -0.338 e. The summed E-state index contributed by atoms with van der Waals surface area (Å²) in [6, 6.07) is 5.28. The predicted molar refractivity (Wildman–Crippen MR) is 92.4 cm³/mol. The molecule has 1 aliphatic carbocycles. The number of amides is 2. The third kappa shape index (κ3) is 4.06. The SMILES string of the molecule is O=C(Nc1cccc(C2CC2)n1)N1CCCC(c2ncc(C(F)(F)F)[nH]2)C1. The van der Waals surface area contributed by atoms with Crippen LogP contribution in [-0.4, -0.2) is 39.0 Å². The van der Waals surface area contributed by atoms with Gasteiger partial charge in [-0.05, 0) is 37.8 Å². The number of rotatable bonds is 3. The van der Waals surface area contributed by atoms with Crippen LogP contribution in [0.5, 0.6) is 0 Å². The molecule has 1 atom stereocenters. The van der Waals surface area contributed by atoms with E-state index in [0.29, 0.717) is 37.7 Å². The Morgan fingerprint density at radius 2 is 2.04 bits per heavy atom. The Bertz CT molecular complexity index is 830. The maximum absolute atomic E-state index is 12.8. The number of H-pyrrole nitrogens is 1. The van der Waals surface area contributed by atoms with Gasteiger partial charge in [0.05, 0.1) is 6.20 Å². The molecule has 0 bridgehead atoms. The van der Waals surface area contributed by atoms with E-state index >= 15 is 0 Å². The fourth-order valence-corrected chi connectivity index (χ4v) is 3.39. The molecule has 1 saturated heterocycles. The summed E-state index contributed by atoms with van der Waals surface area (Å²) in [6.45, 7) is 0.871. The molecule has 2 aliphatic rings. The molecule has 2 aromatic rings. The highest BCUT2D eigenvalue weighted by Gasteiger charge is 2.35. The molecule has 2 amide bonds. The van der Waals surface area contributed by atoms with Gasteiger partial charge < -0.3 is 9.88 Å². The molecule has 2 N–H and O–H groups in total. The molecule has 0 aromatic carbocycles. The fourth-order valence-electron chi connectivity index (χ4n) is 3.39. The number of hydrogen-bond acceptors (Lipinski definition) is 3. The van der Waals surface area contributed by atoms with Crippen LogP contribution >= 0.6 is 0 Å². The first-order valence-electron chi connectivity index (χ1n) is 9.05. The van der Waals surface area contributed by atoms with Crippen LogP contribution in [0, 0.1) is 0 Å². The zero-order chi connectivity index (χ0) is 19.0. The Hall–Kier alpha value is -2.58. The number of nitrogens with one attached hydrogen (secondary N) is 2. The quantitative estimate of drug-likeness (QED) is 0.843. The van der Waals surface area contributed by atoms with E-state index in [0.717, 1.165) is 24.7 Å². The number of carbonyl (C=O) groups excluding carboxylic acids is 1. The number of imidazole rings is 1. The number of pyridine rings is 1. The minimum absolute atomic E-state index is 0.244. The molecule has 9 heteroatoms. The number of aromatic nitrogens is 3. The van der Waals surface area contributed by atoms with Gasteiger partial charge in [-0.1, -0.05) is 6.07 Å². The number of piperidine rings is 1. The van der Waals surface area contributed by atoms with Gasteiger partial charge in [0.15, 0.2) is 0 Å². The first-order valence-corrected chi connectivity index (χ1v) is 9.05. The molecule has 1 saturated carbocycles.